The summed E-state index contributed by atoms with van der Waals surface area (Å²) in [5, 5.41) is 2.61. The zero-order chi connectivity index (χ0) is 9.97. The van der Waals surface area contributed by atoms with Crippen LogP contribution in [0.3, 0.4) is 0 Å². The van der Waals surface area contributed by atoms with E-state index >= 15 is 0 Å². The van der Waals surface area contributed by atoms with E-state index in [2.05, 4.69) is 49.2 Å². The van der Waals surface area contributed by atoms with Gasteiger partial charge in [0.05, 0.1) is 0 Å². The van der Waals surface area contributed by atoms with E-state index in [4.69, 9.17) is 0 Å². The first-order valence-corrected chi connectivity index (χ1v) is 5.22. The van der Waals surface area contributed by atoms with Crippen molar-refractivity contribution < 1.29 is 0 Å². The zero-order valence-corrected chi connectivity index (χ0v) is 8.75. The molecule has 0 N–H and O–H groups in total. The molecule has 1 nitrogen and oxygen atoms in total. The molecule has 0 aliphatic carbocycles. The highest BCUT2D eigenvalue weighted by Crippen LogP contribution is 2.18. The molecule has 1 heterocycles. The van der Waals surface area contributed by atoms with Crippen LogP contribution in [0.5, 0.6) is 0 Å². The van der Waals surface area contributed by atoms with E-state index in [-0.39, 0.29) is 0 Å². The van der Waals surface area contributed by atoms with Crippen LogP contribution in [0.4, 0.5) is 0 Å². The van der Waals surface area contributed by atoms with Gasteiger partial charge in [0, 0.05) is 16.8 Å². The highest BCUT2D eigenvalue weighted by atomic mass is 14.7. The Labute approximate surface area is 84.8 Å². The molecule has 0 unspecified atom stereocenters. The molecular weight excluding hydrogens is 170 g/mol. The molecule has 0 spiro atoms. The smallest absolute Gasteiger partial charge is 0.0482 e. The second kappa shape index (κ2) is 3.79. The van der Waals surface area contributed by atoms with Crippen LogP contribution in [0.2, 0.25) is 0 Å². The quantitative estimate of drug-likeness (QED) is 0.699. The van der Waals surface area contributed by atoms with Crippen molar-refractivity contribution in [3.8, 4) is 0 Å². The van der Waals surface area contributed by atoms with Crippen molar-refractivity contribution in [3.05, 3.63) is 41.7 Å². The van der Waals surface area contributed by atoms with E-state index in [1.54, 1.807) is 0 Å². The Balaban J connectivity index is 2.73. The van der Waals surface area contributed by atoms with Gasteiger partial charge >= 0.3 is 0 Å². The minimum atomic E-state index is 1.01. The molecule has 0 fully saturated rings. The van der Waals surface area contributed by atoms with Crippen LogP contribution >= 0.6 is 0 Å². The monoisotopic (exact) mass is 185 g/mol. The first kappa shape index (κ1) is 9.20. The average molecular weight is 185 g/mol. The molecule has 0 aliphatic rings. The van der Waals surface area contributed by atoms with E-state index in [0.29, 0.717) is 0 Å². The van der Waals surface area contributed by atoms with Crippen LogP contribution in [0.25, 0.3) is 10.8 Å². The third-order valence-corrected chi connectivity index (χ3v) is 2.57. The normalized spacial score (nSPS) is 10.7. The van der Waals surface area contributed by atoms with Crippen molar-refractivity contribution in [1.82, 2.24) is 4.98 Å². The van der Waals surface area contributed by atoms with Gasteiger partial charge in [0.1, 0.15) is 0 Å². The Morgan fingerprint density at radius 3 is 2.57 bits per heavy atom. The lowest BCUT2D eigenvalue weighted by Gasteiger charge is -2.06. The van der Waals surface area contributed by atoms with E-state index in [1.165, 1.54) is 22.2 Å². The van der Waals surface area contributed by atoms with Gasteiger partial charge in [0.25, 0.3) is 0 Å². The number of fused-ring (bicyclic) bond motifs is 1. The van der Waals surface area contributed by atoms with Gasteiger partial charge in [0.2, 0.25) is 0 Å². The van der Waals surface area contributed by atoms with E-state index < -0.39 is 0 Å². The van der Waals surface area contributed by atoms with Gasteiger partial charge in [0.15, 0.2) is 0 Å². The predicted octanol–water partition coefficient (Wildman–Crippen LogP) is 3.36. The van der Waals surface area contributed by atoms with Gasteiger partial charge in [-0.15, -0.1) is 0 Å². The molecule has 0 saturated heterocycles. The lowest BCUT2D eigenvalue weighted by Crippen LogP contribution is -1.94. The fourth-order valence-corrected chi connectivity index (χ4v) is 1.78. The largest absolute Gasteiger partial charge is 0.257 e. The maximum absolute atomic E-state index is 4.64. The Morgan fingerprint density at radius 2 is 1.86 bits per heavy atom. The summed E-state index contributed by atoms with van der Waals surface area (Å²) in [6, 6.07) is 10.7. The SMILES string of the molecule is CCc1cc2ccccc2c(CC)n1. The second-order valence-electron chi connectivity index (χ2n) is 3.49. The standard InChI is InChI=1S/C13H15N/c1-3-11-9-10-7-5-6-8-12(10)13(4-2)14-11/h5-9H,3-4H2,1-2H3. The number of nitrogens with zero attached hydrogens (tertiary/aromatic N) is 1. The third kappa shape index (κ3) is 1.50. The molecule has 2 aromatic rings. The zero-order valence-electron chi connectivity index (χ0n) is 8.75. The fraction of sp³-hybridized carbons (Fsp3) is 0.308. The first-order chi connectivity index (χ1) is 6.85. The number of hydrogen-bond acceptors (Lipinski definition) is 1. The number of rotatable bonds is 2. The summed E-state index contributed by atoms with van der Waals surface area (Å²) in [7, 11) is 0. The topological polar surface area (TPSA) is 12.9 Å². The molecule has 0 radical (unpaired) electrons. The van der Waals surface area contributed by atoms with Crippen molar-refractivity contribution in [3.63, 3.8) is 0 Å². The molecule has 1 aromatic heterocycles. The highest BCUT2D eigenvalue weighted by Gasteiger charge is 2.02. The Morgan fingerprint density at radius 1 is 1.07 bits per heavy atom. The summed E-state index contributed by atoms with van der Waals surface area (Å²) in [5.41, 5.74) is 2.42. The van der Waals surface area contributed by atoms with Crippen molar-refractivity contribution >= 4 is 10.8 Å². The lowest BCUT2D eigenvalue weighted by atomic mass is 10.1. The minimum absolute atomic E-state index is 1.01. The Bertz CT molecular complexity index is 446. The highest BCUT2D eigenvalue weighted by molar-refractivity contribution is 5.84. The molecule has 14 heavy (non-hydrogen) atoms. The number of hydrogen-bond donors (Lipinski definition) is 0. The van der Waals surface area contributed by atoms with Crippen LogP contribution < -0.4 is 0 Å². The molecule has 0 saturated carbocycles. The number of aryl methyl sites for hydroxylation is 2. The molecule has 2 rings (SSSR count). The van der Waals surface area contributed by atoms with Gasteiger partial charge in [-0.1, -0.05) is 38.1 Å². The molecule has 1 aromatic carbocycles. The fourth-order valence-electron chi connectivity index (χ4n) is 1.78. The maximum Gasteiger partial charge on any atom is 0.0482 e. The van der Waals surface area contributed by atoms with Crippen LogP contribution in [0, 0.1) is 0 Å². The van der Waals surface area contributed by atoms with Crippen LogP contribution in [-0.2, 0) is 12.8 Å². The van der Waals surface area contributed by atoms with Gasteiger partial charge in [-0.3, -0.25) is 4.98 Å². The van der Waals surface area contributed by atoms with Gasteiger partial charge in [-0.25, -0.2) is 0 Å². The Hall–Kier alpha value is -1.37. The number of aromatic nitrogens is 1. The molecule has 0 amide bonds. The van der Waals surface area contributed by atoms with E-state index in [0.717, 1.165) is 12.8 Å². The van der Waals surface area contributed by atoms with Crippen molar-refractivity contribution in [1.29, 1.82) is 0 Å². The summed E-state index contributed by atoms with van der Waals surface area (Å²) in [6.07, 6.45) is 2.02. The van der Waals surface area contributed by atoms with Crippen molar-refractivity contribution in [2.45, 2.75) is 26.7 Å². The van der Waals surface area contributed by atoms with Crippen molar-refractivity contribution in [2.24, 2.45) is 0 Å². The van der Waals surface area contributed by atoms with Crippen LogP contribution in [-0.4, -0.2) is 4.98 Å². The molecule has 1 heteroatoms. The summed E-state index contributed by atoms with van der Waals surface area (Å²) < 4.78 is 0. The van der Waals surface area contributed by atoms with E-state index in [9.17, 15) is 0 Å². The second-order valence-corrected chi connectivity index (χ2v) is 3.49. The number of benzene rings is 1. The summed E-state index contributed by atoms with van der Waals surface area (Å²) in [5.74, 6) is 0. The van der Waals surface area contributed by atoms with Crippen molar-refractivity contribution in [2.75, 3.05) is 0 Å². The molecular formula is C13H15N. The summed E-state index contributed by atoms with van der Waals surface area (Å²) in [4.78, 5) is 4.64. The number of pyridine rings is 1. The van der Waals surface area contributed by atoms with Crippen LogP contribution in [0.1, 0.15) is 25.2 Å². The van der Waals surface area contributed by atoms with Crippen LogP contribution in [0.15, 0.2) is 30.3 Å². The lowest BCUT2D eigenvalue weighted by molar-refractivity contribution is 0.971. The molecule has 0 atom stereocenters. The Kier molecular flexibility index (Phi) is 2.49. The molecule has 72 valence electrons. The van der Waals surface area contributed by atoms with Gasteiger partial charge in [-0.2, -0.15) is 0 Å². The first-order valence-electron chi connectivity index (χ1n) is 5.22. The maximum atomic E-state index is 4.64. The summed E-state index contributed by atoms with van der Waals surface area (Å²) in [6.45, 7) is 4.31. The van der Waals surface area contributed by atoms with E-state index in [1.807, 2.05) is 0 Å². The minimum Gasteiger partial charge on any atom is -0.257 e. The molecule has 0 bridgehead atoms. The average Bonchev–Trinajstić information content (AvgIpc) is 2.27. The third-order valence-electron chi connectivity index (χ3n) is 2.57. The van der Waals surface area contributed by atoms with Gasteiger partial charge < -0.3 is 0 Å². The van der Waals surface area contributed by atoms with Gasteiger partial charge in [-0.05, 0) is 24.3 Å². The summed E-state index contributed by atoms with van der Waals surface area (Å²) >= 11 is 0. The predicted molar refractivity (Wildman–Crippen MR) is 60.5 cm³/mol. The molecule has 0 aliphatic heterocycles.